The van der Waals surface area contributed by atoms with Crippen molar-refractivity contribution in [2.75, 3.05) is 33.5 Å². The van der Waals surface area contributed by atoms with E-state index in [9.17, 15) is 19.8 Å². The Bertz CT molecular complexity index is 1770. The van der Waals surface area contributed by atoms with Crippen LogP contribution in [-0.2, 0) is 20.9 Å². The molecule has 0 spiro atoms. The minimum absolute atomic E-state index is 0.0113. The fourth-order valence-corrected chi connectivity index (χ4v) is 8.40. The number of likely N-dealkylation sites (N-methyl/N-ethyl adjacent to an activating group) is 1. The summed E-state index contributed by atoms with van der Waals surface area (Å²) < 4.78 is 25.9. The topological polar surface area (TPSA) is 148 Å². The number of rotatable bonds is 17. The first-order valence-electron chi connectivity index (χ1n) is 20.8. The molecule has 12 heteroatoms. The van der Waals surface area contributed by atoms with Gasteiger partial charge in [0.2, 0.25) is 5.79 Å². The number of carbonyl (C=O) groups is 2. The van der Waals surface area contributed by atoms with Crippen LogP contribution in [0.4, 0.5) is 9.59 Å². The molecule has 0 radical (unpaired) electrons. The molecule has 2 aromatic rings. The number of aliphatic hydroxyl groups excluding tert-OH is 2. The lowest BCUT2D eigenvalue weighted by atomic mass is 9.55. The number of nitrogens with one attached hydrogen (secondary N) is 1. The summed E-state index contributed by atoms with van der Waals surface area (Å²) in [6.07, 6.45) is 7.58. The summed E-state index contributed by atoms with van der Waals surface area (Å²) in [7, 11) is 1.71. The Hall–Kier alpha value is -4.39. The first kappa shape index (κ1) is 44.7. The third-order valence-corrected chi connectivity index (χ3v) is 10.9. The van der Waals surface area contributed by atoms with E-state index < -0.39 is 35.5 Å². The first-order valence-corrected chi connectivity index (χ1v) is 20.8. The molecule has 0 saturated heterocycles. The summed E-state index contributed by atoms with van der Waals surface area (Å²) in [6, 6.07) is 14.3. The Balaban J connectivity index is 1.69. The number of aliphatic hydroxyl groups is 2. The molecule has 0 aromatic heterocycles. The zero-order chi connectivity index (χ0) is 42.1. The number of allylic oxidation sites excluding steroid dienone is 1. The second-order valence-electron chi connectivity index (χ2n) is 17.9. The summed E-state index contributed by atoms with van der Waals surface area (Å²) in [6.45, 7) is 16.6. The number of amides is 2. The van der Waals surface area contributed by atoms with E-state index in [0.29, 0.717) is 36.6 Å². The Kier molecular flexibility index (Phi) is 15.1. The van der Waals surface area contributed by atoms with Crippen molar-refractivity contribution in [1.82, 2.24) is 10.2 Å². The highest BCUT2D eigenvalue weighted by atomic mass is 16.7. The summed E-state index contributed by atoms with van der Waals surface area (Å²) in [5, 5.41) is 27.4. The van der Waals surface area contributed by atoms with Crippen molar-refractivity contribution >= 4 is 17.9 Å². The van der Waals surface area contributed by atoms with Crippen LogP contribution in [0, 0.1) is 23.2 Å². The van der Waals surface area contributed by atoms with Crippen LogP contribution >= 0.6 is 0 Å². The number of hydrogen-bond acceptors (Lipinski definition) is 10. The highest BCUT2D eigenvalue weighted by Crippen LogP contribution is 2.62. The van der Waals surface area contributed by atoms with E-state index in [1.54, 1.807) is 24.1 Å². The number of hydrogen-bond donors (Lipinski definition) is 3. The highest BCUT2D eigenvalue weighted by molar-refractivity contribution is 6.03. The summed E-state index contributed by atoms with van der Waals surface area (Å²) in [5.41, 5.74) is 2.53. The van der Waals surface area contributed by atoms with Crippen molar-refractivity contribution in [2.45, 2.75) is 116 Å². The second kappa shape index (κ2) is 19.6. The quantitative estimate of drug-likeness (QED) is 0.0813. The van der Waals surface area contributed by atoms with Crippen molar-refractivity contribution in [1.29, 1.82) is 0 Å². The van der Waals surface area contributed by atoms with Crippen LogP contribution in [0.1, 0.15) is 104 Å². The fourth-order valence-electron chi connectivity index (χ4n) is 8.40. The second-order valence-corrected chi connectivity index (χ2v) is 17.9. The molecular formula is C46H65N3O9. The number of oxime groups is 1. The lowest BCUT2D eigenvalue weighted by Gasteiger charge is -2.59. The van der Waals surface area contributed by atoms with Gasteiger partial charge < -0.3 is 44.2 Å². The summed E-state index contributed by atoms with van der Waals surface area (Å²) >= 11 is 0. The minimum Gasteiger partial charge on any atom is -0.459 e. The number of carbonyl (C=O) groups excluding carboxylic acids is 2. The first-order chi connectivity index (χ1) is 27.6. The third kappa shape index (κ3) is 11.0. The van der Waals surface area contributed by atoms with E-state index in [-0.39, 0.29) is 56.0 Å². The molecule has 318 valence electrons. The van der Waals surface area contributed by atoms with Gasteiger partial charge in [-0.1, -0.05) is 81.3 Å². The van der Waals surface area contributed by atoms with Gasteiger partial charge in [-0.05, 0) is 93.0 Å². The molecule has 2 aliphatic carbocycles. The third-order valence-electron chi connectivity index (χ3n) is 10.9. The van der Waals surface area contributed by atoms with Gasteiger partial charge in [0.25, 0.3) is 0 Å². The Morgan fingerprint density at radius 3 is 2.38 bits per heavy atom. The molecule has 1 saturated carbocycles. The van der Waals surface area contributed by atoms with Gasteiger partial charge in [-0.3, -0.25) is 0 Å². The van der Waals surface area contributed by atoms with Gasteiger partial charge in [-0.15, -0.1) is 6.58 Å². The molecule has 5 rings (SSSR count). The molecule has 1 fully saturated rings. The van der Waals surface area contributed by atoms with Crippen LogP contribution in [0.2, 0.25) is 0 Å². The maximum absolute atomic E-state index is 14.0. The average Bonchev–Trinajstić information content (AvgIpc) is 3.18. The number of unbranched alkanes of at least 4 members (excludes halogenated alkanes) is 2. The maximum Gasteiger partial charge on any atom is 0.412 e. The largest absolute Gasteiger partial charge is 0.459 e. The van der Waals surface area contributed by atoms with Gasteiger partial charge in [0, 0.05) is 44.7 Å². The van der Waals surface area contributed by atoms with E-state index >= 15 is 0 Å². The molecule has 2 aromatic carbocycles. The van der Waals surface area contributed by atoms with E-state index in [1.807, 2.05) is 84.0 Å². The van der Waals surface area contributed by atoms with E-state index in [0.717, 1.165) is 42.4 Å². The molecule has 0 unspecified atom stereocenters. The van der Waals surface area contributed by atoms with E-state index in [2.05, 4.69) is 18.0 Å². The molecule has 0 bridgehead atoms. The average molecular weight is 804 g/mol. The summed E-state index contributed by atoms with van der Waals surface area (Å²) in [4.78, 5) is 34.9. The lowest BCUT2D eigenvalue weighted by Crippen LogP contribution is -2.69. The molecular weight excluding hydrogens is 739 g/mol. The van der Waals surface area contributed by atoms with Crippen LogP contribution in [0.3, 0.4) is 0 Å². The van der Waals surface area contributed by atoms with Crippen LogP contribution in [0.15, 0.2) is 78.0 Å². The number of nitrogens with zero attached hydrogens (tertiary/aromatic N) is 2. The molecule has 3 aliphatic rings. The summed E-state index contributed by atoms with van der Waals surface area (Å²) in [5.74, 6) is -1.23. The van der Waals surface area contributed by atoms with Gasteiger partial charge >= 0.3 is 12.2 Å². The van der Waals surface area contributed by atoms with Gasteiger partial charge in [0.05, 0.1) is 24.8 Å². The molecule has 1 heterocycles. The van der Waals surface area contributed by atoms with Crippen molar-refractivity contribution in [3.63, 3.8) is 0 Å². The smallest absolute Gasteiger partial charge is 0.412 e. The molecule has 12 nitrogen and oxygen atoms in total. The van der Waals surface area contributed by atoms with Crippen LogP contribution < -0.4 is 14.8 Å². The SMILES string of the molecule is C=CCO[C@@]12Oc3ccc(OC(=O)NCc4ccccc4)cc3[C@H]3[C@H](CCCCO)[C@@H](CCCCO)C=C(C(=NOC(C)(C)C)C[C@@H]1N(C)C(=O)OCC(C)(C)C)[C@H]32. The van der Waals surface area contributed by atoms with E-state index in [1.165, 1.54) is 0 Å². The normalized spacial score (nSPS) is 24.4. The van der Waals surface area contributed by atoms with Gasteiger partial charge in [-0.25, -0.2) is 9.59 Å². The van der Waals surface area contributed by atoms with Crippen molar-refractivity contribution in [3.8, 4) is 11.5 Å². The lowest BCUT2D eigenvalue weighted by molar-refractivity contribution is -0.254. The predicted octanol–water partition coefficient (Wildman–Crippen LogP) is 8.52. The predicted molar refractivity (Wildman–Crippen MR) is 224 cm³/mol. The number of ether oxygens (including phenoxy) is 4. The maximum atomic E-state index is 14.0. The Morgan fingerprint density at radius 2 is 1.72 bits per heavy atom. The number of benzene rings is 2. The zero-order valence-electron chi connectivity index (χ0n) is 35.5. The molecule has 58 heavy (non-hydrogen) atoms. The van der Waals surface area contributed by atoms with Crippen molar-refractivity contribution < 1.29 is 43.6 Å². The number of fused-ring (bicyclic) bond motifs is 2. The van der Waals surface area contributed by atoms with Crippen LogP contribution in [0.5, 0.6) is 11.5 Å². The van der Waals surface area contributed by atoms with Crippen molar-refractivity contribution in [2.24, 2.45) is 28.3 Å². The van der Waals surface area contributed by atoms with Gasteiger partial charge in [-0.2, -0.15) is 0 Å². The zero-order valence-corrected chi connectivity index (χ0v) is 35.5. The highest BCUT2D eigenvalue weighted by Gasteiger charge is 2.65. The van der Waals surface area contributed by atoms with Crippen LogP contribution in [-0.4, -0.2) is 83.9 Å². The molecule has 6 atom stereocenters. The molecule has 2 amide bonds. The Labute approximate surface area is 344 Å². The van der Waals surface area contributed by atoms with Crippen LogP contribution in [0.25, 0.3) is 0 Å². The fraction of sp³-hybridized carbons (Fsp3) is 0.587. The Morgan fingerprint density at radius 1 is 1.02 bits per heavy atom. The minimum atomic E-state index is -1.42. The molecule has 3 N–H and O–H groups in total. The van der Waals surface area contributed by atoms with Gasteiger partial charge in [0.1, 0.15) is 23.1 Å². The van der Waals surface area contributed by atoms with E-state index in [4.69, 9.17) is 28.9 Å². The molecule has 1 aliphatic heterocycles. The van der Waals surface area contributed by atoms with Crippen molar-refractivity contribution in [3.05, 3.63) is 84.0 Å². The monoisotopic (exact) mass is 803 g/mol. The van der Waals surface area contributed by atoms with Gasteiger partial charge in [0.15, 0.2) is 0 Å². The standard InChI is InChI=1S/C46H65N3O9/c1-9-25-55-46-39(49(8)43(53)54-30-44(2,3)4)28-37(48-58-45(5,6)7)35-26-32(19-13-15-23-50)34(20-14-16-24-51)40(41(35)46)36-27-33(21-22-38(36)57-46)56-42(52)47-29-31-17-11-10-12-18-31/h9-12,17-18,21-22,26-27,32,34,39-41,50-51H,1,13-16,19-20,23-25,28-30H2,2-8H3,(H,47,52)/t32-,34+,39-,40+,41+,46+/m0/s1.